The van der Waals surface area contributed by atoms with Gasteiger partial charge < -0.3 is 4.42 Å². The average Bonchev–Trinajstić information content (AvgIpc) is 2.97. The molecule has 0 fully saturated rings. The summed E-state index contributed by atoms with van der Waals surface area (Å²) in [7, 11) is 2.11. The Kier molecular flexibility index (Phi) is 4.43. The molecule has 4 heteroatoms. The topological polar surface area (TPSA) is 34.2 Å². The molecule has 0 aliphatic rings. The van der Waals surface area contributed by atoms with Crippen molar-refractivity contribution in [2.75, 3.05) is 7.05 Å². The number of furan rings is 1. The summed E-state index contributed by atoms with van der Waals surface area (Å²) in [6.07, 6.45) is 2.92. The predicted molar refractivity (Wildman–Crippen MR) is 75.9 cm³/mol. The fourth-order valence-corrected chi connectivity index (χ4v) is 2.27. The van der Waals surface area contributed by atoms with Crippen molar-refractivity contribution in [3.63, 3.8) is 0 Å². The van der Waals surface area contributed by atoms with E-state index in [0.29, 0.717) is 0 Å². The number of aryl methyl sites for hydroxylation is 2. The zero-order valence-corrected chi connectivity index (χ0v) is 12.3. The number of hydrogen-bond acceptors (Lipinski definition) is 3. The third kappa shape index (κ3) is 3.26. The molecule has 2 rings (SSSR count). The molecule has 0 amide bonds. The van der Waals surface area contributed by atoms with Gasteiger partial charge in [0.15, 0.2) is 0 Å². The van der Waals surface area contributed by atoms with Gasteiger partial charge in [0.2, 0.25) is 0 Å². The lowest BCUT2D eigenvalue weighted by atomic mass is 10.2. The van der Waals surface area contributed by atoms with Gasteiger partial charge in [-0.3, -0.25) is 9.58 Å². The van der Waals surface area contributed by atoms with E-state index in [2.05, 4.69) is 50.0 Å². The summed E-state index contributed by atoms with van der Waals surface area (Å²) in [6.45, 7) is 9.00. The zero-order chi connectivity index (χ0) is 13.8. The highest BCUT2D eigenvalue weighted by Crippen LogP contribution is 2.14. The lowest BCUT2D eigenvalue weighted by molar-refractivity contribution is 0.283. The van der Waals surface area contributed by atoms with Gasteiger partial charge >= 0.3 is 0 Å². The first-order valence-corrected chi connectivity index (χ1v) is 6.91. The van der Waals surface area contributed by atoms with Crippen molar-refractivity contribution < 1.29 is 4.42 Å². The highest BCUT2D eigenvalue weighted by Gasteiger charge is 2.10. The molecule has 0 aliphatic carbocycles. The van der Waals surface area contributed by atoms with Gasteiger partial charge in [0.25, 0.3) is 0 Å². The molecule has 19 heavy (non-hydrogen) atoms. The van der Waals surface area contributed by atoms with Crippen LogP contribution < -0.4 is 0 Å². The lowest BCUT2D eigenvalue weighted by Gasteiger charge is -2.14. The molecule has 2 heterocycles. The molecular weight excluding hydrogens is 238 g/mol. The Morgan fingerprint density at radius 3 is 2.53 bits per heavy atom. The fraction of sp³-hybridized carbons (Fsp3) is 0.533. The standard InChI is InChI=1S/C15H23N3O/c1-5-14-7-8-15(19-14)11-17(4)10-13-9-16-18(6-2)12(13)3/h7-9H,5-6,10-11H2,1-4H3. The summed E-state index contributed by atoms with van der Waals surface area (Å²) in [5.41, 5.74) is 2.54. The highest BCUT2D eigenvalue weighted by atomic mass is 16.3. The summed E-state index contributed by atoms with van der Waals surface area (Å²) in [6, 6.07) is 4.13. The summed E-state index contributed by atoms with van der Waals surface area (Å²) in [5.74, 6) is 2.08. The Hall–Kier alpha value is -1.55. The van der Waals surface area contributed by atoms with Crippen LogP contribution in [0.3, 0.4) is 0 Å². The van der Waals surface area contributed by atoms with Gasteiger partial charge in [-0.15, -0.1) is 0 Å². The van der Waals surface area contributed by atoms with Crippen molar-refractivity contribution >= 4 is 0 Å². The van der Waals surface area contributed by atoms with Crippen LogP contribution in [0.5, 0.6) is 0 Å². The van der Waals surface area contributed by atoms with E-state index in [-0.39, 0.29) is 0 Å². The van der Waals surface area contributed by atoms with Crippen LogP contribution in [0.15, 0.2) is 22.7 Å². The Labute approximate surface area is 115 Å². The van der Waals surface area contributed by atoms with E-state index in [0.717, 1.165) is 37.6 Å². The molecule has 0 unspecified atom stereocenters. The number of nitrogens with zero attached hydrogens (tertiary/aromatic N) is 3. The zero-order valence-electron chi connectivity index (χ0n) is 12.3. The largest absolute Gasteiger partial charge is 0.465 e. The van der Waals surface area contributed by atoms with Crippen molar-refractivity contribution in [1.82, 2.24) is 14.7 Å². The molecule has 4 nitrogen and oxygen atoms in total. The van der Waals surface area contributed by atoms with E-state index in [1.165, 1.54) is 11.3 Å². The first-order chi connectivity index (χ1) is 9.13. The van der Waals surface area contributed by atoms with Crippen molar-refractivity contribution in [3.8, 4) is 0 Å². The molecule has 0 N–H and O–H groups in total. The summed E-state index contributed by atoms with van der Waals surface area (Å²) < 4.78 is 7.77. The molecule has 0 saturated carbocycles. The Bertz CT molecular complexity index is 527. The number of aromatic nitrogens is 2. The van der Waals surface area contributed by atoms with Crippen molar-refractivity contribution in [2.45, 2.75) is 46.8 Å². The van der Waals surface area contributed by atoms with Crippen molar-refractivity contribution in [3.05, 3.63) is 41.1 Å². The molecule has 0 aromatic carbocycles. The second kappa shape index (κ2) is 6.06. The van der Waals surface area contributed by atoms with Gasteiger partial charge in [0, 0.05) is 30.8 Å². The average molecular weight is 261 g/mol. The molecule has 0 aliphatic heterocycles. The Morgan fingerprint density at radius 2 is 1.95 bits per heavy atom. The van der Waals surface area contributed by atoms with Crippen molar-refractivity contribution in [2.24, 2.45) is 0 Å². The van der Waals surface area contributed by atoms with Crippen LogP contribution >= 0.6 is 0 Å². The summed E-state index contributed by atoms with van der Waals surface area (Å²) in [5, 5.41) is 4.38. The quantitative estimate of drug-likeness (QED) is 0.801. The minimum atomic E-state index is 0.830. The molecule has 0 atom stereocenters. The van der Waals surface area contributed by atoms with Crippen LogP contribution in [0.1, 0.15) is 36.6 Å². The highest BCUT2D eigenvalue weighted by molar-refractivity contribution is 5.16. The maximum absolute atomic E-state index is 5.74. The first-order valence-electron chi connectivity index (χ1n) is 6.91. The molecule has 0 spiro atoms. The first kappa shape index (κ1) is 13.9. The monoisotopic (exact) mass is 261 g/mol. The molecule has 104 valence electrons. The molecule has 2 aromatic heterocycles. The van der Waals surface area contributed by atoms with E-state index in [1.807, 2.05) is 10.9 Å². The van der Waals surface area contributed by atoms with Gasteiger partial charge in [-0.1, -0.05) is 6.92 Å². The van der Waals surface area contributed by atoms with E-state index in [9.17, 15) is 0 Å². The van der Waals surface area contributed by atoms with Crippen LogP contribution in [0.25, 0.3) is 0 Å². The van der Waals surface area contributed by atoms with Gasteiger partial charge in [-0.2, -0.15) is 5.10 Å². The van der Waals surface area contributed by atoms with Crippen LogP contribution in [0.4, 0.5) is 0 Å². The predicted octanol–water partition coefficient (Wildman–Crippen LogP) is 3.00. The van der Waals surface area contributed by atoms with E-state index < -0.39 is 0 Å². The smallest absolute Gasteiger partial charge is 0.118 e. The molecule has 0 saturated heterocycles. The van der Waals surface area contributed by atoms with Gasteiger partial charge in [-0.25, -0.2) is 0 Å². The normalized spacial score (nSPS) is 11.4. The molecule has 0 radical (unpaired) electrons. The third-order valence-corrected chi connectivity index (χ3v) is 3.44. The van der Waals surface area contributed by atoms with E-state index >= 15 is 0 Å². The molecule has 2 aromatic rings. The second-order valence-electron chi connectivity index (χ2n) is 4.96. The van der Waals surface area contributed by atoms with Gasteiger partial charge in [0.1, 0.15) is 11.5 Å². The molecule has 0 bridgehead atoms. The lowest BCUT2D eigenvalue weighted by Crippen LogP contribution is -2.17. The van der Waals surface area contributed by atoms with Gasteiger partial charge in [0.05, 0.1) is 12.7 Å². The van der Waals surface area contributed by atoms with E-state index in [1.54, 1.807) is 0 Å². The minimum absolute atomic E-state index is 0.830. The Morgan fingerprint density at radius 1 is 1.21 bits per heavy atom. The van der Waals surface area contributed by atoms with Crippen LogP contribution in [0.2, 0.25) is 0 Å². The summed E-state index contributed by atoms with van der Waals surface area (Å²) in [4.78, 5) is 2.25. The summed E-state index contributed by atoms with van der Waals surface area (Å²) >= 11 is 0. The fourth-order valence-electron chi connectivity index (χ4n) is 2.27. The maximum Gasteiger partial charge on any atom is 0.118 e. The van der Waals surface area contributed by atoms with Crippen LogP contribution in [-0.2, 0) is 26.1 Å². The Balaban J connectivity index is 1.96. The van der Waals surface area contributed by atoms with Crippen LogP contribution in [-0.4, -0.2) is 21.7 Å². The molecular formula is C15H23N3O. The minimum Gasteiger partial charge on any atom is -0.465 e. The van der Waals surface area contributed by atoms with Crippen molar-refractivity contribution in [1.29, 1.82) is 0 Å². The van der Waals surface area contributed by atoms with Gasteiger partial charge in [-0.05, 0) is 33.0 Å². The SMILES string of the molecule is CCc1ccc(CN(C)Cc2cnn(CC)c2C)o1. The number of rotatable bonds is 6. The third-order valence-electron chi connectivity index (χ3n) is 3.44. The number of hydrogen-bond donors (Lipinski definition) is 0. The van der Waals surface area contributed by atoms with Crippen LogP contribution in [0, 0.1) is 6.92 Å². The van der Waals surface area contributed by atoms with E-state index in [4.69, 9.17) is 4.42 Å². The maximum atomic E-state index is 5.74. The second-order valence-corrected chi connectivity index (χ2v) is 4.96.